The molecule has 1 saturated heterocycles. The van der Waals surface area contributed by atoms with Crippen LogP contribution in [0, 0.1) is 0 Å². The third-order valence-electron chi connectivity index (χ3n) is 3.25. The zero-order valence-electron chi connectivity index (χ0n) is 10.0. The number of likely N-dealkylation sites (tertiary alicyclic amines) is 1. The molecule has 0 aliphatic carbocycles. The summed E-state index contributed by atoms with van der Waals surface area (Å²) in [6, 6.07) is 9.53. The zero-order valence-corrected chi connectivity index (χ0v) is 10.0. The minimum absolute atomic E-state index is 0.178. The molecule has 1 fully saturated rings. The van der Waals surface area contributed by atoms with Crippen molar-refractivity contribution in [2.75, 3.05) is 13.1 Å². The van der Waals surface area contributed by atoms with Gasteiger partial charge in [0.05, 0.1) is 12.6 Å². The lowest BCUT2D eigenvalue weighted by molar-refractivity contribution is -0.132. The number of aliphatic hydroxyl groups is 1. The molecule has 1 aromatic rings. The number of hydrogen-bond donors (Lipinski definition) is 1. The van der Waals surface area contributed by atoms with E-state index >= 15 is 0 Å². The van der Waals surface area contributed by atoms with Gasteiger partial charge in [0.15, 0.2) is 0 Å². The summed E-state index contributed by atoms with van der Waals surface area (Å²) in [6.45, 7) is 1.20. The van der Waals surface area contributed by atoms with E-state index < -0.39 is 6.10 Å². The van der Waals surface area contributed by atoms with Crippen LogP contribution >= 0.6 is 0 Å². The largest absolute Gasteiger partial charge is 0.387 e. The zero-order chi connectivity index (χ0) is 12.1. The van der Waals surface area contributed by atoms with Crippen LogP contribution in [-0.4, -0.2) is 29.0 Å². The maximum atomic E-state index is 11.8. The van der Waals surface area contributed by atoms with Crippen molar-refractivity contribution < 1.29 is 9.90 Å². The van der Waals surface area contributed by atoms with E-state index in [1.165, 1.54) is 0 Å². The van der Waals surface area contributed by atoms with E-state index in [-0.39, 0.29) is 5.91 Å². The van der Waals surface area contributed by atoms with E-state index in [9.17, 15) is 9.90 Å². The van der Waals surface area contributed by atoms with Gasteiger partial charge in [0.25, 0.3) is 0 Å². The number of nitrogens with zero attached hydrogens (tertiary/aromatic N) is 1. The van der Waals surface area contributed by atoms with Gasteiger partial charge >= 0.3 is 0 Å². The fourth-order valence-corrected chi connectivity index (χ4v) is 2.22. The maximum Gasteiger partial charge on any atom is 0.222 e. The minimum atomic E-state index is -0.571. The molecule has 1 atom stereocenters. The molecule has 1 aromatic carbocycles. The molecule has 1 amide bonds. The van der Waals surface area contributed by atoms with Crippen LogP contribution in [0.2, 0.25) is 0 Å². The number of amides is 1. The van der Waals surface area contributed by atoms with Gasteiger partial charge in [0, 0.05) is 13.0 Å². The van der Waals surface area contributed by atoms with Gasteiger partial charge in [0.2, 0.25) is 5.91 Å². The lowest BCUT2D eigenvalue weighted by atomic mass is 10.1. The summed E-state index contributed by atoms with van der Waals surface area (Å²) in [6.07, 6.45) is 3.20. The second-order valence-electron chi connectivity index (χ2n) is 4.58. The highest BCUT2D eigenvalue weighted by Crippen LogP contribution is 2.17. The van der Waals surface area contributed by atoms with E-state index in [1.54, 1.807) is 4.90 Å². The summed E-state index contributed by atoms with van der Waals surface area (Å²) in [5, 5.41) is 10.1. The molecule has 2 rings (SSSR count). The van der Waals surface area contributed by atoms with Crippen LogP contribution < -0.4 is 0 Å². The van der Waals surface area contributed by atoms with Crippen molar-refractivity contribution in [3.8, 4) is 0 Å². The molecule has 1 heterocycles. The van der Waals surface area contributed by atoms with Gasteiger partial charge in [-0.05, 0) is 18.4 Å². The predicted octanol–water partition coefficient (Wildman–Crippen LogP) is 2.12. The van der Waals surface area contributed by atoms with Crippen LogP contribution in [0.5, 0.6) is 0 Å². The average Bonchev–Trinajstić information content (AvgIpc) is 2.56. The molecule has 17 heavy (non-hydrogen) atoms. The quantitative estimate of drug-likeness (QED) is 0.868. The third-order valence-corrected chi connectivity index (χ3v) is 3.25. The Kier molecular flexibility index (Phi) is 4.15. The maximum absolute atomic E-state index is 11.8. The van der Waals surface area contributed by atoms with Crippen LogP contribution in [0.15, 0.2) is 30.3 Å². The molecule has 3 heteroatoms. The lowest BCUT2D eigenvalue weighted by Crippen LogP contribution is -2.34. The highest BCUT2D eigenvalue weighted by molar-refractivity contribution is 5.76. The van der Waals surface area contributed by atoms with Gasteiger partial charge < -0.3 is 10.0 Å². The topological polar surface area (TPSA) is 40.5 Å². The lowest BCUT2D eigenvalue weighted by Gasteiger charge is -2.23. The highest BCUT2D eigenvalue weighted by atomic mass is 16.3. The van der Waals surface area contributed by atoms with Crippen LogP contribution in [0.3, 0.4) is 0 Å². The monoisotopic (exact) mass is 233 g/mol. The average molecular weight is 233 g/mol. The van der Waals surface area contributed by atoms with Crippen molar-refractivity contribution in [3.05, 3.63) is 35.9 Å². The molecule has 1 unspecified atom stereocenters. The third kappa shape index (κ3) is 3.30. The van der Waals surface area contributed by atoms with Crippen molar-refractivity contribution in [2.24, 2.45) is 0 Å². The Morgan fingerprint density at radius 3 is 2.71 bits per heavy atom. The molecule has 1 aliphatic heterocycles. The number of aliphatic hydroxyl groups excluding tert-OH is 1. The molecular weight excluding hydrogens is 214 g/mol. The fraction of sp³-hybridized carbons (Fsp3) is 0.500. The van der Waals surface area contributed by atoms with E-state index in [4.69, 9.17) is 0 Å². The van der Waals surface area contributed by atoms with Crippen LogP contribution in [0.25, 0.3) is 0 Å². The van der Waals surface area contributed by atoms with Gasteiger partial charge in [-0.15, -0.1) is 0 Å². The van der Waals surface area contributed by atoms with Gasteiger partial charge in [-0.2, -0.15) is 0 Å². The van der Waals surface area contributed by atoms with Crippen molar-refractivity contribution in [1.29, 1.82) is 0 Å². The molecule has 0 spiro atoms. The van der Waals surface area contributed by atoms with Gasteiger partial charge in [-0.25, -0.2) is 0 Å². The van der Waals surface area contributed by atoms with Crippen LogP contribution in [-0.2, 0) is 4.79 Å². The van der Waals surface area contributed by atoms with E-state index in [1.807, 2.05) is 30.3 Å². The van der Waals surface area contributed by atoms with Crippen molar-refractivity contribution in [2.45, 2.75) is 31.8 Å². The first-order valence-corrected chi connectivity index (χ1v) is 6.28. The number of rotatable bonds is 3. The Morgan fingerprint density at radius 1 is 1.18 bits per heavy atom. The fourth-order valence-electron chi connectivity index (χ4n) is 2.22. The number of β-amino-alcohol motifs (C(OH)–C–C–N with tert-alkyl or cyclic N) is 1. The molecule has 3 nitrogen and oxygen atoms in total. The summed E-state index contributed by atoms with van der Waals surface area (Å²) < 4.78 is 0. The van der Waals surface area contributed by atoms with Crippen molar-refractivity contribution in [3.63, 3.8) is 0 Å². The Morgan fingerprint density at radius 2 is 1.94 bits per heavy atom. The SMILES string of the molecule is O=C1CCCCCN1CC(O)c1ccccc1. The second-order valence-corrected chi connectivity index (χ2v) is 4.58. The molecule has 1 N–H and O–H groups in total. The van der Waals surface area contributed by atoms with Crippen LogP contribution in [0.1, 0.15) is 37.4 Å². The van der Waals surface area contributed by atoms with Crippen molar-refractivity contribution >= 4 is 5.91 Å². The first kappa shape index (κ1) is 12.1. The summed E-state index contributed by atoms with van der Waals surface area (Å²) >= 11 is 0. The second kappa shape index (κ2) is 5.82. The Hall–Kier alpha value is -1.35. The molecule has 0 bridgehead atoms. The van der Waals surface area contributed by atoms with E-state index in [0.29, 0.717) is 13.0 Å². The smallest absolute Gasteiger partial charge is 0.222 e. The van der Waals surface area contributed by atoms with E-state index in [0.717, 1.165) is 31.4 Å². The minimum Gasteiger partial charge on any atom is -0.387 e. The van der Waals surface area contributed by atoms with Gasteiger partial charge in [-0.3, -0.25) is 4.79 Å². The molecule has 92 valence electrons. The van der Waals surface area contributed by atoms with Crippen molar-refractivity contribution in [1.82, 2.24) is 4.90 Å². The summed E-state index contributed by atoms with van der Waals surface area (Å²) in [4.78, 5) is 13.6. The number of benzene rings is 1. The molecule has 0 saturated carbocycles. The molecule has 1 aliphatic rings. The number of hydrogen-bond acceptors (Lipinski definition) is 2. The Balaban J connectivity index is 1.97. The molecule has 0 aromatic heterocycles. The standard InChI is InChI=1S/C14H19NO2/c16-13(12-7-3-1-4-8-12)11-15-10-6-2-5-9-14(15)17/h1,3-4,7-8,13,16H,2,5-6,9-11H2. The normalized spacial score (nSPS) is 18.9. The molecule has 0 radical (unpaired) electrons. The van der Waals surface area contributed by atoms with Gasteiger partial charge in [0.1, 0.15) is 0 Å². The summed E-state index contributed by atoms with van der Waals surface area (Å²) in [5.41, 5.74) is 0.879. The highest BCUT2D eigenvalue weighted by Gasteiger charge is 2.19. The van der Waals surface area contributed by atoms with Crippen LogP contribution in [0.4, 0.5) is 0 Å². The van der Waals surface area contributed by atoms with Gasteiger partial charge in [-0.1, -0.05) is 36.8 Å². The Labute approximate surface area is 102 Å². The first-order chi connectivity index (χ1) is 8.27. The molecular formula is C14H19NO2. The first-order valence-electron chi connectivity index (χ1n) is 6.28. The number of carbonyl (C=O) groups is 1. The summed E-state index contributed by atoms with van der Waals surface area (Å²) in [5.74, 6) is 0.178. The summed E-state index contributed by atoms with van der Waals surface area (Å²) in [7, 11) is 0. The van der Waals surface area contributed by atoms with E-state index in [2.05, 4.69) is 0 Å². The Bertz CT molecular complexity index is 364. The number of carbonyl (C=O) groups excluding carboxylic acids is 1. The predicted molar refractivity (Wildman–Crippen MR) is 66.4 cm³/mol.